The number of carbonyl (C=O) groups is 3. The Morgan fingerprint density at radius 2 is 1.89 bits per heavy atom. The van der Waals surface area contributed by atoms with Gasteiger partial charge in [0.2, 0.25) is 5.91 Å². The number of aliphatic hydroxyl groups is 1. The fraction of sp³-hybridized carbons (Fsp3) is 0.393. The second-order valence-electron chi connectivity index (χ2n) is 9.77. The zero-order valence-corrected chi connectivity index (χ0v) is 19.9. The monoisotopic (exact) mass is 488 g/mol. The van der Waals surface area contributed by atoms with Crippen molar-refractivity contribution < 1.29 is 29.0 Å². The third kappa shape index (κ3) is 3.17. The molecule has 0 radical (unpaired) electrons. The van der Waals surface area contributed by atoms with Crippen molar-refractivity contribution in [3.63, 3.8) is 0 Å². The van der Waals surface area contributed by atoms with E-state index in [0.29, 0.717) is 18.7 Å². The van der Waals surface area contributed by atoms with Crippen LogP contribution in [0.25, 0.3) is 10.8 Å². The summed E-state index contributed by atoms with van der Waals surface area (Å²) in [6.45, 7) is 1.97. The van der Waals surface area contributed by atoms with Gasteiger partial charge in [-0.1, -0.05) is 55.5 Å². The van der Waals surface area contributed by atoms with Crippen LogP contribution in [-0.2, 0) is 23.9 Å². The second kappa shape index (κ2) is 8.57. The first kappa shape index (κ1) is 22.9. The van der Waals surface area contributed by atoms with Crippen molar-refractivity contribution in [2.24, 2.45) is 11.8 Å². The SMILES string of the molecule is CC[C@@H](CO)N1C(=O)[C@@H]2[C@@H]3C(=O)OCC=C[C@@H]3O[C@@]23C=CCN(c2ccc4ccccc4c2)C(=O)C13. The highest BCUT2D eigenvalue weighted by atomic mass is 16.6. The summed E-state index contributed by atoms with van der Waals surface area (Å²) in [6, 6.07) is 12.1. The first-order chi connectivity index (χ1) is 17.5. The summed E-state index contributed by atoms with van der Waals surface area (Å²) < 4.78 is 11.9. The van der Waals surface area contributed by atoms with E-state index < -0.39 is 41.6 Å². The van der Waals surface area contributed by atoms with Gasteiger partial charge in [-0.3, -0.25) is 14.4 Å². The van der Waals surface area contributed by atoms with E-state index in [2.05, 4.69) is 0 Å². The summed E-state index contributed by atoms with van der Waals surface area (Å²) in [5, 5.41) is 12.2. The molecule has 4 heterocycles. The van der Waals surface area contributed by atoms with Gasteiger partial charge in [0.05, 0.1) is 24.7 Å². The van der Waals surface area contributed by atoms with Crippen molar-refractivity contribution in [2.75, 3.05) is 24.7 Å². The van der Waals surface area contributed by atoms with Crippen LogP contribution in [0.15, 0.2) is 66.8 Å². The van der Waals surface area contributed by atoms with Crippen molar-refractivity contribution in [1.82, 2.24) is 4.90 Å². The number of hydrogen-bond acceptors (Lipinski definition) is 6. The van der Waals surface area contributed by atoms with Gasteiger partial charge in [0.25, 0.3) is 5.91 Å². The average Bonchev–Trinajstić information content (AvgIpc) is 3.19. The van der Waals surface area contributed by atoms with Gasteiger partial charge in [0.1, 0.15) is 24.2 Å². The third-order valence-corrected chi connectivity index (χ3v) is 7.97. The van der Waals surface area contributed by atoms with Gasteiger partial charge in [0.15, 0.2) is 0 Å². The van der Waals surface area contributed by atoms with Crippen LogP contribution in [0.5, 0.6) is 0 Å². The Hall–Kier alpha value is -3.49. The lowest BCUT2D eigenvalue weighted by Gasteiger charge is -2.38. The van der Waals surface area contributed by atoms with E-state index in [1.807, 2.05) is 55.5 Å². The summed E-state index contributed by atoms with van der Waals surface area (Å²) in [6.07, 6.45) is 6.88. The molecule has 8 nitrogen and oxygen atoms in total. The normalized spacial score (nSPS) is 32.1. The number of rotatable bonds is 4. The Labute approximate surface area is 208 Å². The molecule has 1 unspecified atom stereocenters. The lowest BCUT2D eigenvalue weighted by atomic mass is 9.78. The lowest BCUT2D eigenvalue weighted by molar-refractivity contribution is -0.153. The molecule has 36 heavy (non-hydrogen) atoms. The molecule has 2 amide bonds. The molecule has 1 spiro atoms. The van der Waals surface area contributed by atoms with E-state index >= 15 is 0 Å². The molecule has 0 aliphatic carbocycles. The Bertz CT molecular complexity index is 1300. The lowest BCUT2D eigenvalue weighted by Crippen LogP contribution is -2.58. The maximum absolute atomic E-state index is 14.3. The zero-order chi connectivity index (χ0) is 25.0. The van der Waals surface area contributed by atoms with Gasteiger partial charge in [-0.15, -0.1) is 0 Å². The quantitative estimate of drug-likeness (QED) is 0.524. The van der Waals surface area contributed by atoms with Gasteiger partial charge < -0.3 is 24.4 Å². The van der Waals surface area contributed by atoms with Crippen molar-refractivity contribution in [3.05, 3.63) is 66.8 Å². The molecule has 8 heteroatoms. The molecule has 0 aromatic heterocycles. The van der Waals surface area contributed by atoms with Crippen LogP contribution in [0.1, 0.15) is 13.3 Å². The van der Waals surface area contributed by atoms with E-state index in [1.165, 1.54) is 4.90 Å². The average molecular weight is 489 g/mol. The maximum Gasteiger partial charge on any atom is 0.313 e. The molecule has 186 valence electrons. The number of nitrogens with zero attached hydrogens (tertiary/aromatic N) is 2. The summed E-state index contributed by atoms with van der Waals surface area (Å²) in [5.74, 6) is -2.94. The molecule has 2 saturated heterocycles. The fourth-order valence-corrected chi connectivity index (χ4v) is 6.29. The first-order valence-electron chi connectivity index (χ1n) is 12.4. The van der Waals surface area contributed by atoms with Gasteiger partial charge in [-0.2, -0.15) is 0 Å². The first-order valence-corrected chi connectivity index (χ1v) is 12.4. The fourth-order valence-electron chi connectivity index (χ4n) is 6.29. The number of anilines is 1. The van der Waals surface area contributed by atoms with Crippen LogP contribution in [0.2, 0.25) is 0 Å². The number of likely N-dealkylation sites (tertiary alicyclic amines) is 1. The van der Waals surface area contributed by atoms with Crippen molar-refractivity contribution in [3.8, 4) is 0 Å². The number of amides is 2. The Morgan fingerprint density at radius 3 is 2.67 bits per heavy atom. The van der Waals surface area contributed by atoms with Crippen LogP contribution in [0.4, 0.5) is 5.69 Å². The summed E-state index contributed by atoms with van der Waals surface area (Å²) in [5.41, 5.74) is -0.627. The highest BCUT2D eigenvalue weighted by Crippen LogP contribution is 2.54. The second-order valence-corrected chi connectivity index (χ2v) is 9.77. The molecule has 4 aliphatic rings. The van der Waals surface area contributed by atoms with E-state index in [9.17, 15) is 19.5 Å². The van der Waals surface area contributed by atoms with E-state index in [0.717, 1.165) is 10.8 Å². The minimum Gasteiger partial charge on any atom is -0.461 e. The number of ether oxygens (including phenoxy) is 2. The van der Waals surface area contributed by atoms with E-state index in [4.69, 9.17) is 9.47 Å². The zero-order valence-electron chi connectivity index (χ0n) is 19.9. The van der Waals surface area contributed by atoms with E-state index in [1.54, 1.807) is 23.1 Å². The number of cyclic esters (lactones) is 1. The molecule has 2 aromatic rings. The molecule has 2 fully saturated rings. The summed E-state index contributed by atoms with van der Waals surface area (Å²) >= 11 is 0. The maximum atomic E-state index is 14.3. The van der Waals surface area contributed by atoms with Crippen molar-refractivity contribution >= 4 is 34.2 Å². The van der Waals surface area contributed by atoms with Crippen LogP contribution in [0.3, 0.4) is 0 Å². The van der Waals surface area contributed by atoms with Gasteiger partial charge in [0, 0.05) is 12.2 Å². The summed E-state index contributed by atoms with van der Waals surface area (Å²) in [4.78, 5) is 44.4. The molecule has 0 bridgehead atoms. The van der Waals surface area contributed by atoms with Crippen LogP contribution in [-0.4, -0.2) is 71.3 Å². The number of benzene rings is 2. The topological polar surface area (TPSA) is 96.4 Å². The number of esters is 1. The third-order valence-electron chi connectivity index (χ3n) is 7.97. The van der Waals surface area contributed by atoms with Crippen LogP contribution < -0.4 is 4.90 Å². The van der Waals surface area contributed by atoms with Crippen molar-refractivity contribution in [1.29, 1.82) is 0 Å². The highest BCUT2D eigenvalue weighted by Gasteiger charge is 2.72. The number of aliphatic hydroxyl groups excluding tert-OH is 1. The highest BCUT2D eigenvalue weighted by molar-refractivity contribution is 6.06. The standard InChI is InChI=1S/C28H28N2O6/c1-2-19(16-31)30-24-26(33)29(20-11-10-17-7-3-4-8-18(17)15-20)13-6-12-28(24)23(25(30)32)22-21(36-28)9-5-14-35-27(22)34/h3-12,15,19,21-24,31H,2,13-14,16H2,1H3/t19-,21-,22+,23-,24?,28-/m0/s1. The minimum atomic E-state index is -1.33. The predicted molar refractivity (Wildman–Crippen MR) is 132 cm³/mol. The number of hydrogen-bond donors (Lipinski definition) is 1. The minimum absolute atomic E-state index is 0.120. The Balaban J connectivity index is 1.48. The molecule has 6 rings (SSSR count). The molecule has 4 aliphatic heterocycles. The molecule has 1 N–H and O–H groups in total. The molecular weight excluding hydrogens is 460 g/mol. The predicted octanol–water partition coefficient (Wildman–Crippen LogP) is 2.21. The molecule has 6 atom stereocenters. The number of carbonyl (C=O) groups excluding carboxylic acids is 3. The molecule has 0 saturated carbocycles. The van der Waals surface area contributed by atoms with Crippen LogP contribution >= 0.6 is 0 Å². The number of fused-ring (bicyclic) bond motifs is 3. The van der Waals surface area contributed by atoms with Gasteiger partial charge in [-0.05, 0) is 35.4 Å². The van der Waals surface area contributed by atoms with Gasteiger partial charge >= 0.3 is 5.97 Å². The Kier molecular flexibility index (Phi) is 5.46. The largest absolute Gasteiger partial charge is 0.461 e. The smallest absolute Gasteiger partial charge is 0.313 e. The van der Waals surface area contributed by atoms with E-state index in [-0.39, 0.29) is 25.0 Å². The summed E-state index contributed by atoms with van der Waals surface area (Å²) in [7, 11) is 0. The molecular formula is C28H28N2O6. The molecule has 2 aromatic carbocycles. The Morgan fingerprint density at radius 1 is 1.08 bits per heavy atom. The van der Waals surface area contributed by atoms with Gasteiger partial charge in [-0.25, -0.2) is 0 Å². The van der Waals surface area contributed by atoms with Crippen LogP contribution in [0, 0.1) is 11.8 Å². The van der Waals surface area contributed by atoms with Crippen molar-refractivity contribution in [2.45, 2.75) is 37.1 Å².